The normalized spacial score (nSPS) is 11.5. The van der Waals surface area contributed by atoms with Crippen molar-refractivity contribution >= 4 is 28.1 Å². The number of carbonyl (C=O) groups excluding carboxylic acids is 1. The summed E-state index contributed by atoms with van der Waals surface area (Å²) in [6.45, 7) is 6.97. The number of nitrogens with zero attached hydrogens (tertiary/aromatic N) is 1. The van der Waals surface area contributed by atoms with Crippen LogP contribution in [0.25, 0.3) is 0 Å². The Morgan fingerprint density at radius 3 is 2.68 bits per heavy atom. The van der Waals surface area contributed by atoms with Crippen molar-refractivity contribution in [3.8, 4) is 11.5 Å². The van der Waals surface area contributed by atoms with Crippen molar-refractivity contribution < 1.29 is 14.3 Å². The van der Waals surface area contributed by atoms with Crippen molar-refractivity contribution in [1.82, 2.24) is 5.43 Å². The highest BCUT2D eigenvalue weighted by Gasteiger charge is 2.15. The lowest BCUT2D eigenvalue weighted by Crippen LogP contribution is -2.18. The molecule has 150 valence electrons. The first-order valence-corrected chi connectivity index (χ1v) is 9.97. The number of hydrogen-bond acceptors (Lipinski definition) is 4. The van der Waals surface area contributed by atoms with Gasteiger partial charge in [0.2, 0.25) is 5.91 Å². The molecule has 5 nitrogen and oxygen atoms in total. The summed E-state index contributed by atoms with van der Waals surface area (Å²) in [4.78, 5) is 11.9. The lowest BCUT2D eigenvalue weighted by molar-refractivity contribution is -0.121. The highest BCUT2D eigenvalue weighted by Crippen LogP contribution is 2.31. The van der Waals surface area contributed by atoms with Crippen LogP contribution in [0.1, 0.15) is 44.7 Å². The summed E-state index contributed by atoms with van der Waals surface area (Å²) < 4.78 is 11.8. The van der Waals surface area contributed by atoms with Gasteiger partial charge in [0.15, 0.2) is 0 Å². The van der Waals surface area contributed by atoms with Gasteiger partial charge in [0.1, 0.15) is 11.5 Å². The average molecular weight is 447 g/mol. The highest BCUT2D eigenvalue weighted by atomic mass is 79.9. The molecule has 0 saturated carbocycles. The van der Waals surface area contributed by atoms with Crippen LogP contribution in [0, 0.1) is 0 Å². The first-order chi connectivity index (χ1) is 13.3. The molecule has 0 fully saturated rings. The van der Waals surface area contributed by atoms with Crippen LogP contribution < -0.4 is 14.9 Å². The van der Waals surface area contributed by atoms with E-state index in [9.17, 15) is 4.79 Å². The number of benzene rings is 2. The first-order valence-electron chi connectivity index (χ1n) is 9.18. The molecular weight excluding hydrogens is 420 g/mol. The molecule has 0 aliphatic rings. The Bertz CT molecular complexity index is 829. The maximum Gasteiger partial charge on any atom is 0.240 e. The second-order valence-corrected chi connectivity index (χ2v) is 8.27. The van der Waals surface area contributed by atoms with Crippen molar-refractivity contribution in [2.75, 3.05) is 13.7 Å². The number of nitrogens with one attached hydrogen (secondary N) is 1. The summed E-state index contributed by atoms with van der Waals surface area (Å²) in [6, 6.07) is 13.6. The van der Waals surface area contributed by atoms with Gasteiger partial charge in [0, 0.05) is 6.42 Å². The molecule has 0 aliphatic carbocycles. The smallest absolute Gasteiger partial charge is 0.240 e. The van der Waals surface area contributed by atoms with Crippen molar-refractivity contribution in [2.24, 2.45) is 5.10 Å². The van der Waals surface area contributed by atoms with E-state index in [2.05, 4.69) is 59.4 Å². The third-order valence-corrected chi connectivity index (χ3v) is 4.72. The van der Waals surface area contributed by atoms with Crippen LogP contribution >= 0.6 is 15.9 Å². The molecule has 2 aromatic rings. The van der Waals surface area contributed by atoms with E-state index in [4.69, 9.17) is 9.47 Å². The summed E-state index contributed by atoms with van der Waals surface area (Å²) in [5.74, 6) is 1.38. The minimum atomic E-state index is -0.148. The number of methoxy groups -OCH3 is 1. The monoisotopic (exact) mass is 446 g/mol. The quantitative estimate of drug-likeness (QED) is 0.350. The largest absolute Gasteiger partial charge is 0.497 e. The van der Waals surface area contributed by atoms with Gasteiger partial charge >= 0.3 is 0 Å². The Morgan fingerprint density at radius 2 is 2.00 bits per heavy atom. The molecule has 0 spiro atoms. The van der Waals surface area contributed by atoms with E-state index in [-0.39, 0.29) is 11.3 Å². The molecule has 0 aliphatic heterocycles. The number of rotatable bonds is 8. The first kappa shape index (κ1) is 22.0. The number of hydrazone groups is 1. The minimum Gasteiger partial charge on any atom is -0.497 e. The fourth-order valence-electron chi connectivity index (χ4n) is 2.46. The molecule has 1 amide bonds. The lowest BCUT2D eigenvalue weighted by atomic mass is 9.87. The van der Waals surface area contributed by atoms with E-state index < -0.39 is 0 Å². The fourth-order valence-corrected chi connectivity index (χ4v) is 2.95. The summed E-state index contributed by atoms with van der Waals surface area (Å²) in [5.41, 5.74) is 4.70. The molecule has 0 atom stereocenters. The van der Waals surface area contributed by atoms with Gasteiger partial charge in [-0.1, -0.05) is 39.0 Å². The van der Waals surface area contributed by atoms with Gasteiger partial charge in [-0.2, -0.15) is 5.10 Å². The van der Waals surface area contributed by atoms with Crippen molar-refractivity contribution in [3.05, 3.63) is 58.1 Å². The SMILES string of the molecule is COc1cccc(/C=N/NC(=O)CCCOc2ccc(C(C)(C)C)cc2Br)c1. The zero-order chi connectivity index (χ0) is 20.6. The maximum absolute atomic E-state index is 11.9. The second-order valence-electron chi connectivity index (χ2n) is 7.42. The predicted octanol–water partition coefficient (Wildman–Crippen LogP) is 5.06. The van der Waals surface area contributed by atoms with Gasteiger partial charge in [0.25, 0.3) is 0 Å². The minimum absolute atomic E-state index is 0.0878. The lowest BCUT2D eigenvalue weighted by Gasteiger charge is -2.20. The molecular formula is C22H27BrN2O3. The molecule has 0 heterocycles. The average Bonchev–Trinajstić information content (AvgIpc) is 2.65. The predicted molar refractivity (Wildman–Crippen MR) is 116 cm³/mol. The molecule has 28 heavy (non-hydrogen) atoms. The summed E-state index contributed by atoms with van der Waals surface area (Å²) in [5, 5.41) is 3.97. The van der Waals surface area contributed by atoms with Crippen molar-refractivity contribution in [1.29, 1.82) is 0 Å². The Hall–Kier alpha value is -2.34. The summed E-state index contributed by atoms with van der Waals surface area (Å²) in [7, 11) is 1.61. The molecule has 0 radical (unpaired) electrons. The standard InChI is InChI=1S/C22H27BrN2O3/c1-22(2,3)17-10-11-20(19(23)14-17)28-12-6-9-21(26)25-24-15-16-7-5-8-18(13-16)27-4/h5,7-8,10-11,13-15H,6,9,12H2,1-4H3,(H,25,26)/b24-15+. The van der Waals surface area contributed by atoms with Gasteiger partial charge in [-0.3, -0.25) is 4.79 Å². The zero-order valence-electron chi connectivity index (χ0n) is 16.8. The highest BCUT2D eigenvalue weighted by molar-refractivity contribution is 9.10. The third kappa shape index (κ3) is 7.00. The van der Waals surface area contributed by atoms with E-state index in [1.807, 2.05) is 30.3 Å². The molecule has 0 aromatic heterocycles. The molecule has 1 N–H and O–H groups in total. The maximum atomic E-state index is 11.9. The topological polar surface area (TPSA) is 59.9 Å². The number of halogens is 1. The van der Waals surface area contributed by atoms with Crippen molar-refractivity contribution in [3.63, 3.8) is 0 Å². The van der Waals surface area contributed by atoms with Gasteiger partial charge in [-0.05, 0) is 63.2 Å². The van der Waals surface area contributed by atoms with Crippen LogP contribution in [-0.4, -0.2) is 25.8 Å². The van der Waals surface area contributed by atoms with Crippen LogP contribution in [0.15, 0.2) is 52.0 Å². The summed E-state index contributed by atoms with van der Waals surface area (Å²) in [6.07, 6.45) is 2.53. The van der Waals surface area contributed by atoms with Crippen LogP contribution in [0.4, 0.5) is 0 Å². The van der Waals surface area contributed by atoms with E-state index in [0.29, 0.717) is 19.4 Å². The van der Waals surface area contributed by atoms with Crippen LogP contribution in [0.2, 0.25) is 0 Å². The Morgan fingerprint density at radius 1 is 1.21 bits per heavy atom. The molecule has 0 saturated heterocycles. The van der Waals surface area contributed by atoms with Gasteiger partial charge < -0.3 is 9.47 Å². The van der Waals surface area contributed by atoms with Crippen LogP contribution in [-0.2, 0) is 10.2 Å². The van der Waals surface area contributed by atoms with Gasteiger partial charge in [-0.15, -0.1) is 0 Å². The van der Waals surface area contributed by atoms with E-state index in [0.717, 1.165) is 21.5 Å². The number of amides is 1. The molecule has 0 unspecified atom stereocenters. The second kappa shape index (κ2) is 10.3. The Balaban J connectivity index is 1.73. The molecule has 0 bridgehead atoms. The Kier molecular flexibility index (Phi) is 8.05. The number of ether oxygens (including phenoxy) is 2. The zero-order valence-corrected chi connectivity index (χ0v) is 18.4. The number of carbonyl (C=O) groups is 1. The van der Waals surface area contributed by atoms with E-state index >= 15 is 0 Å². The van der Waals surface area contributed by atoms with Crippen molar-refractivity contribution in [2.45, 2.75) is 39.0 Å². The fraction of sp³-hybridized carbons (Fsp3) is 0.364. The van der Waals surface area contributed by atoms with E-state index in [1.54, 1.807) is 13.3 Å². The summed E-state index contributed by atoms with van der Waals surface area (Å²) >= 11 is 3.55. The van der Waals surface area contributed by atoms with Gasteiger partial charge in [0.05, 0.1) is 24.4 Å². The number of hydrogen-bond donors (Lipinski definition) is 1. The van der Waals surface area contributed by atoms with Crippen LogP contribution in [0.5, 0.6) is 11.5 Å². The molecule has 2 aromatic carbocycles. The van der Waals surface area contributed by atoms with E-state index in [1.165, 1.54) is 5.56 Å². The Labute approximate surface area is 175 Å². The third-order valence-electron chi connectivity index (χ3n) is 4.10. The molecule has 2 rings (SSSR count). The van der Waals surface area contributed by atoms with Gasteiger partial charge in [-0.25, -0.2) is 5.43 Å². The molecule has 6 heteroatoms. The van der Waals surface area contributed by atoms with Crippen LogP contribution in [0.3, 0.4) is 0 Å².